The summed E-state index contributed by atoms with van der Waals surface area (Å²) in [6.07, 6.45) is 1.74. The van der Waals surface area contributed by atoms with E-state index in [0.29, 0.717) is 11.8 Å². The zero-order valence-corrected chi connectivity index (χ0v) is 9.63. The van der Waals surface area contributed by atoms with Gasteiger partial charge in [-0.05, 0) is 24.7 Å². The Labute approximate surface area is 82.3 Å². The molecule has 0 aromatic heterocycles. The Balaban J connectivity index is 4.20. The van der Waals surface area contributed by atoms with Gasteiger partial charge in [0.25, 0.3) is 0 Å². The van der Waals surface area contributed by atoms with Crippen LogP contribution in [0, 0.1) is 11.8 Å². The fraction of sp³-hybridized carbons (Fsp3) is 1.00. The zero-order chi connectivity index (χ0) is 10.5. The Bertz CT molecular complexity index is 134. The Morgan fingerprint density at radius 1 is 1.31 bits per heavy atom. The van der Waals surface area contributed by atoms with Crippen molar-refractivity contribution in [2.45, 2.75) is 46.1 Å². The summed E-state index contributed by atoms with van der Waals surface area (Å²) in [7, 11) is 1.70. The molecule has 0 aliphatic heterocycles. The van der Waals surface area contributed by atoms with Crippen LogP contribution in [-0.2, 0) is 4.74 Å². The lowest BCUT2D eigenvalue weighted by molar-refractivity contribution is -0.0636. The lowest BCUT2D eigenvalue weighted by Gasteiger charge is -2.37. The maximum atomic E-state index is 10.3. The minimum atomic E-state index is -0.529. The van der Waals surface area contributed by atoms with Crippen LogP contribution < -0.4 is 0 Å². The van der Waals surface area contributed by atoms with Crippen molar-refractivity contribution >= 4 is 0 Å². The highest BCUT2D eigenvalue weighted by Crippen LogP contribution is 2.31. The predicted molar refractivity (Wildman–Crippen MR) is 55.7 cm³/mol. The van der Waals surface area contributed by atoms with Gasteiger partial charge in [-0.3, -0.25) is 0 Å². The van der Waals surface area contributed by atoms with Gasteiger partial charge in [-0.2, -0.15) is 0 Å². The van der Waals surface area contributed by atoms with Crippen LogP contribution in [0.25, 0.3) is 0 Å². The monoisotopic (exact) mass is 188 g/mol. The molecule has 0 heterocycles. The highest BCUT2D eigenvalue weighted by molar-refractivity contribution is 4.85. The first-order chi connectivity index (χ1) is 5.99. The summed E-state index contributed by atoms with van der Waals surface area (Å²) in [6.45, 7) is 9.03. The van der Waals surface area contributed by atoms with Gasteiger partial charge in [0.15, 0.2) is 0 Å². The van der Waals surface area contributed by atoms with Crippen molar-refractivity contribution in [2.24, 2.45) is 11.8 Å². The molecule has 0 spiro atoms. The van der Waals surface area contributed by atoms with Gasteiger partial charge in [-0.1, -0.05) is 27.7 Å². The molecule has 80 valence electrons. The van der Waals surface area contributed by atoms with Crippen LogP contribution in [-0.4, -0.2) is 24.4 Å². The summed E-state index contributed by atoms with van der Waals surface area (Å²) in [5.41, 5.74) is -0.529. The molecule has 0 rings (SSSR count). The van der Waals surface area contributed by atoms with Crippen LogP contribution in [0.15, 0.2) is 0 Å². The molecule has 0 saturated heterocycles. The van der Waals surface area contributed by atoms with E-state index in [9.17, 15) is 5.11 Å². The third kappa shape index (κ3) is 3.28. The molecule has 0 bridgehead atoms. The minimum absolute atomic E-state index is 0.303. The van der Waals surface area contributed by atoms with Gasteiger partial charge < -0.3 is 9.84 Å². The topological polar surface area (TPSA) is 29.5 Å². The predicted octanol–water partition coefficient (Wildman–Crippen LogP) is 2.46. The van der Waals surface area contributed by atoms with E-state index in [1.165, 1.54) is 0 Å². The molecular weight excluding hydrogens is 164 g/mol. The second-order valence-corrected chi connectivity index (χ2v) is 4.18. The maximum absolute atomic E-state index is 10.3. The average Bonchev–Trinajstić information content (AvgIpc) is 2.12. The summed E-state index contributed by atoms with van der Waals surface area (Å²) in [5, 5.41) is 10.3. The van der Waals surface area contributed by atoms with Crippen molar-refractivity contribution in [3.05, 3.63) is 0 Å². The number of aliphatic hydroxyl groups is 1. The summed E-state index contributed by atoms with van der Waals surface area (Å²) < 4.78 is 5.02. The smallest absolute Gasteiger partial charge is 0.0694 e. The van der Waals surface area contributed by atoms with E-state index in [1.54, 1.807) is 7.11 Å². The highest BCUT2D eigenvalue weighted by Gasteiger charge is 2.34. The van der Waals surface area contributed by atoms with E-state index in [4.69, 9.17) is 4.74 Å². The Morgan fingerprint density at radius 3 is 2.15 bits per heavy atom. The van der Waals surface area contributed by atoms with Gasteiger partial charge >= 0.3 is 0 Å². The normalized spacial score (nSPS) is 18.7. The highest BCUT2D eigenvalue weighted by atomic mass is 16.5. The van der Waals surface area contributed by atoms with Crippen LogP contribution in [0.2, 0.25) is 0 Å². The molecule has 0 aliphatic carbocycles. The van der Waals surface area contributed by atoms with E-state index in [0.717, 1.165) is 19.4 Å². The molecule has 2 nitrogen and oxygen atoms in total. The van der Waals surface area contributed by atoms with Crippen molar-refractivity contribution in [3.8, 4) is 0 Å². The fourth-order valence-electron chi connectivity index (χ4n) is 1.87. The van der Waals surface area contributed by atoms with Gasteiger partial charge in [0.05, 0.1) is 5.60 Å². The lowest BCUT2D eigenvalue weighted by atomic mass is 9.76. The molecule has 1 N–H and O–H groups in total. The minimum Gasteiger partial charge on any atom is -0.389 e. The second kappa shape index (κ2) is 5.61. The van der Waals surface area contributed by atoms with Gasteiger partial charge in [0, 0.05) is 13.7 Å². The van der Waals surface area contributed by atoms with Gasteiger partial charge in [-0.15, -0.1) is 0 Å². The molecule has 13 heavy (non-hydrogen) atoms. The molecule has 0 fully saturated rings. The van der Waals surface area contributed by atoms with Gasteiger partial charge in [0.1, 0.15) is 0 Å². The molecule has 0 saturated carbocycles. The molecule has 2 unspecified atom stereocenters. The molecule has 0 amide bonds. The molecule has 0 aromatic rings. The van der Waals surface area contributed by atoms with Crippen LogP contribution in [0.5, 0.6) is 0 Å². The van der Waals surface area contributed by atoms with E-state index < -0.39 is 5.60 Å². The third-order valence-electron chi connectivity index (χ3n) is 3.17. The maximum Gasteiger partial charge on any atom is 0.0694 e. The summed E-state index contributed by atoms with van der Waals surface area (Å²) in [6, 6.07) is 0. The average molecular weight is 188 g/mol. The molecule has 0 radical (unpaired) electrons. The number of rotatable bonds is 6. The third-order valence-corrected chi connectivity index (χ3v) is 3.17. The van der Waals surface area contributed by atoms with E-state index in [1.807, 2.05) is 6.92 Å². The largest absolute Gasteiger partial charge is 0.389 e. The van der Waals surface area contributed by atoms with E-state index in [2.05, 4.69) is 20.8 Å². The Hall–Kier alpha value is -0.0800. The summed E-state index contributed by atoms with van der Waals surface area (Å²) >= 11 is 0. The van der Waals surface area contributed by atoms with Crippen molar-refractivity contribution in [1.82, 2.24) is 0 Å². The fourth-order valence-corrected chi connectivity index (χ4v) is 1.87. The van der Waals surface area contributed by atoms with Crippen LogP contribution in [0.3, 0.4) is 0 Å². The second-order valence-electron chi connectivity index (χ2n) is 4.18. The van der Waals surface area contributed by atoms with Crippen LogP contribution in [0.4, 0.5) is 0 Å². The van der Waals surface area contributed by atoms with E-state index in [-0.39, 0.29) is 0 Å². The van der Waals surface area contributed by atoms with Crippen molar-refractivity contribution < 1.29 is 9.84 Å². The first-order valence-corrected chi connectivity index (χ1v) is 5.20. The SMILES string of the molecule is CCC(O)(C(C)C)C(C)CCOC. The van der Waals surface area contributed by atoms with E-state index >= 15 is 0 Å². The number of ether oxygens (including phenoxy) is 1. The van der Waals surface area contributed by atoms with Crippen molar-refractivity contribution in [2.75, 3.05) is 13.7 Å². The summed E-state index contributed by atoms with van der Waals surface area (Å²) in [4.78, 5) is 0. The van der Waals surface area contributed by atoms with Crippen LogP contribution in [0.1, 0.15) is 40.5 Å². The number of hydrogen-bond donors (Lipinski definition) is 1. The first-order valence-electron chi connectivity index (χ1n) is 5.20. The summed E-state index contributed by atoms with van der Waals surface area (Å²) in [5.74, 6) is 0.613. The molecule has 0 aliphatic rings. The van der Waals surface area contributed by atoms with Crippen molar-refractivity contribution in [1.29, 1.82) is 0 Å². The first kappa shape index (κ1) is 12.9. The molecule has 2 heteroatoms. The standard InChI is InChI=1S/C11H24O2/c1-6-11(12,9(2)3)10(4)7-8-13-5/h9-10,12H,6-8H2,1-5H3. The lowest BCUT2D eigenvalue weighted by Crippen LogP contribution is -2.41. The van der Waals surface area contributed by atoms with Gasteiger partial charge in [0.2, 0.25) is 0 Å². The molecule has 2 atom stereocenters. The molecule has 0 aromatic carbocycles. The van der Waals surface area contributed by atoms with Crippen molar-refractivity contribution in [3.63, 3.8) is 0 Å². The quantitative estimate of drug-likeness (QED) is 0.694. The number of methoxy groups -OCH3 is 1. The Kier molecular flexibility index (Phi) is 5.57. The Morgan fingerprint density at radius 2 is 1.85 bits per heavy atom. The van der Waals surface area contributed by atoms with Gasteiger partial charge in [-0.25, -0.2) is 0 Å². The number of hydrogen-bond acceptors (Lipinski definition) is 2. The van der Waals surface area contributed by atoms with Crippen LogP contribution >= 0.6 is 0 Å². The zero-order valence-electron chi connectivity index (χ0n) is 9.63. The molecular formula is C11H24O2.